The lowest BCUT2D eigenvalue weighted by Gasteiger charge is -2.23. The Hall–Kier alpha value is -2.47. The van der Waals surface area contributed by atoms with Crippen molar-refractivity contribution in [3.05, 3.63) is 54.1 Å². The van der Waals surface area contributed by atoms with Crippen LogP contribution in [-0.4, -0.2) is 31.7 Å². The highest BCUT2D eigenvalue weighted by atomic mass is 32.2. The Balaban J connectivity index is 2.00. The number of hydrogen-bond donors (Lipinski definition) is 1. The first kappa shape index (κ1) is 26.8. The second-order valence-electron chi connectivity index (χ2n) is 8.02. The molecule has 0 saturated heterocycles. The minimum atomic E-state index is -0.209. The number of carbonyl (C=O) groups excluding carboxylic acids is 2. The fourth-order valence-electron chi connectivity index (χ4n) is 3.43. The molecule has 0 fully saturated rings. The molecule has 0 heterocycles. The summed E-state index contributed by atoms with van der Waals surface area (Å²) in [6.45, 7) is 7.96. The zero-order valence-electron chi connectivity index (χ0n) is 20.3. The molecule has 5 nitrogen and oxygen atoms in total. The third kappa shape index (κ3) is 9.91. The van der Waals surface area contributed by atoms with Gasteiger partial charge < -0.3 is 10.1 Å². The van der Waals surface area contributed by atoms with Crippen LogP contribution < -0.4 is 10.2 Å². The van der Waals surface area contributed by atoms with Crippen LogP contribution in [0.3, 0.4) is 0 Å². The number of nitrogens with one attached hydrogen (secondary N) is 1. The Morgan fingerprint density at radius 2 is 1.67 bits per heavy atom. The summed E-state index contributed by atoms with van der Waals surface area (Å²) in [7, 11) is 0. The lowest BCUT2D eigenvalue weighted by atomic mass is 10.1. The van der Waals surface area contributed by atoms with Crippen molar-refractivity contribution in [1.29, 1.82) is 0 Å². The lowest BCUT2D eigenvalue weighted by Crippen LogP contribution is -2.41. The van der Waals surface area contributed by atoms with Gasteiger partial charge in [-0.15, -0.1) is 0 Å². The second-order valence-corrected chi connectivity index (χ2v) is 9.17. The molecule has 0 spiro atoms. The molecule has 0 bridgehead atoms. The van der Waals surface area contributed by atoms with Gasteiger partial charge in [0.2, 0.25) is 0 Å². The molecule has 0 saturated carbocycles. The maximum Gasteiger partial charge on any atom is 0.321 e. The van der Waals surface area contributed by atoms with Crippen LogP contribution in [0.25, 0.3) is 0 Å². The van der Waals surface area contributed by atoms with E-state index in [4.69, 9.17) is 4.74 Å². The molecule has 0 radical (unpaired) electrons. The average molecular weight is 471 g/mol. The lowest BCUT2D eigenvalue weighted by molar-refractivity contribution is -0.142. The van der Waals surface area contributed by atoms with Gasteiger partial charge in [-0.2, -0.15) is 0 Å². The minimum Gasteiger partial charge on any atom is -0.466 e. The minimum absolute atomic E-state index is 0.0213. The Morgan fingerprint density at radius 1 is 0.909 bits per heavy atom. The molecule has 0 aliphatic rings. The van der Waals surface area contributed by atoms with E-state index in [9.17, 15) is 9.59 Å². The van der Waals surface area contributed by atoms with Crippen LogP contribution in [0, 0.1) is 0 Å². The molecule has 180 valence electrons. The number of ether oxygens (including phenoxy) is 1. The number of carbonyl (C=O) groups is 2. The summed E-state index contributed by atoms with van der Waals surface area (Å²) >= 11 is 1.64. The summed E-state index contributed by atoms with van der Waals surface area (Å²) in [6, 6.07) is 16.1. The molecule has 6 heteroatoms. The first-order chi connectivity index (χ1) is 16.1. The number of rotatable bonds is 14. The van der Waals surface area contributed by atoms with Gasteiger partial charge in [0.1, 0.15) is 0 Å². The van der Waals surface area contributed by atoms with Gasteiger partial charge in [-0.3, -0.25) is 9.69 Å². The molecule has 1 N–H and O–H groups in total. The zero-order valence-corrected chi connectivity index (χ0v) is 21.1. The van der Waals surface area contributed by atoms with Crippen LogP contribution >= 0.6 is 11.8 Å². The van der Waals surface area contributed by atoms with E-state index < -0.39 is 0 Å². The van der Waals surface area contributed by atoms with Crippen molar-refractivity contribution in [2.75, 3.05) is 24.6 Å². The quantitative estimate of drug-likeness (QED) is 0.243. The summed E-state index contributed by atoms with van der Waals surface area (Å²) in [4.78, 5) is 28.6. The molecule has 2 rings (SSSR count). The van der Waals surface area contributed by atoms with Crippen molar-refractivity contribution < 1.29 is 14.3 Å². The van der Waals surface area contributed by atoms with Crippen molar-refractivity contribution in [2.24, 2.45) is 0 Å². The van der Waals surface area contributed by atoms with E-state index in [1.54, 1.807) is 11.8 Å². The zero-order chi connectivity index (χ0) is 23.9. The van der Waals surface area contributed by atoms with Crippen LogP contribution in [0.15, 0.2) is 58.3 Å². The molecule has 33 heavy (non-hydrogen) atoms. The van der Waals surface area contributed by atoms with Crippen LogP contribution in [0.1, 0.15) is 64.9 Å². The Labute approximate surface area is 203 Å². The molecule has 2 amide bonds. The fraction of sp³-hybridized carbons (Fsp3) is 0.481. The molecular weight excluding hydrogens is 432 g/mol. The Kier molecular flexibility index (Phi) is 12.5. The first-order valence-electron chi connectivity index (χ1n) is 12.1. The average Bonchev–Trinajstić information content (AvgIpc) is 2.80. The van der Waals surface area contributed by atoms with Gasteiger partial charge in [0, 0.05) is 28.6 Å². The Morgan fingerprint density at radius 3 is 2.36 bits per heavy atom. The van der Waals surface area contributed by atoms with Crippen molar-refractivity contribution >= 4 is 29.4 Å². The van der Waals surface area contributed by atoms with Gasteiger partial charge in [0.15, 0.2) is 0 Å². The number of nitrogens with zero attached hydrogens (tertiary/aromatic N) is 1. The summed E-state index contributed by atoms with van der Waals surface area (Å²) < 4.78 is 5.05. The van der Waals surface area contributed by atoms with E-state index in [2.05, 4.69) is 19.2 Å². The topological polar surface area (TPSA) is 58.6 Å². The highest BCUT2D eigenvalue weighted by Gasteiger charge is 2.15. The third-order valence-electron chi connectivity index (χ3n) is 5.22. The third-order valence-corrected chi connectivity index (χ3v) is 6.22. The predicted octanol–water partition coefficient (Wildman–Crippen LogP) is 6.84. The van der Waals surface area contributed by atoms with Gasteiger partial charge in [-0.05, 0) is 61.7 Å². The van der Waals surface area contributed by atoms with Crippen LogP contribution in [0.5, 0.6) is 0 Å². The molecule has 0 aromatic heterocycles. The summed E-state index contributed by atoms with van der Waals surface area (Å²) in [6.07, 6.45) is 6.85. The molecule has 0 atom stereocenters. The van der Waals surface area contributed by atoms with Crippen molar-refractivity contribution in [2.45, 2.75) is 75.5 Å². The Bertz CT molecular complexity index is 855. The fourth-order valence-corrected chi connectivity index (χ4v) is 4.34. The smallest absolute Gasteiger partial charge is 0.321 e. The van der Waals surface area contributed by atoms with Crippen molar-refractivity contribution in [1.82, 2.24) is 5.32 Å². The predicted molar refractivity (Wildman–Crippen MR) is 137 cm³/mol. The molecule has 0 unspecified atom stereocenters. The number of urea groups is 1. The summed E-state index contributed by atoms with van der Waals surface area (Å²) in [5, 5.41) is 3.08. The highest BCUT2D eigenvalue weighted by Crippen LogP contribution is 2.30. The normalized spacial score (nSPS) is 10.6. The number of amides is 2. The molecule has 2 aromatic rings. The van der Waals surface area contributed by atoms with E-state index in [0.29, 0.717) is 13.2 Å². The largest absolute Gasteiger partial charge is 0.466 e. The van der Waals surface area contributed by atoms with Gasteiger partial charge in [0.25, 0.3) is 0 Å². The number of unbranched alkanes of at least 4 members (excludes halogenated alkanes) is 4. The van der Waals surface area contributed by atoms with Gasteiger partial charge in [0.05, 0.1) is 13.0 Å². The number of benzene rings is 2. The molecule has 0 aliphatic heterocycles. The molecular formula is C27H38N2O3S. The summed E-state index contributed by atoms with van der Waals surface area (Å²) in [5.41, 5.74) is 1.85. The van der Waals surface area contributed by atoms with Crippen LogP contribution in [0.2, 0.25) is 0 Å². The second kappa shape index (κ2) is 15.4. The first-order valence-corrected chi connectivity index (χ1v) is 13.0. The van der Waals surface area contributed by atoms with Gasteiger partial charge in [-0.1, -0.05) is 63.4 Å². The SMILES string of the molecule is CCCCCCNC(=O)N(CCCC)c1ccc(Sc2cccc(CC(=O)OCC)c2)cc1. The summed E-state index contributed by atoms with van der Waals surface area (Å²) in [5.74, 6) is -0.209. The van der Waals surface area contributed by atoms with Crippen molar-refractivity contribution in [3.8, 4) is 0 Å². The van der Waals surface area contributed by atoms with Gasteiger partial charge in [-0.25, -0.2) is 4.79 Å². The maximum absolute atomic E-state index is 12.8. The van der Waals surface area contributed by atoms with E-state index in [-0.39, 0.29) is 18.4 Å². The van der Waals surface area contributed by atoms with Crippen LogP contribution in [0.4, 0.5) is 10.5 Å². The van der Waals surface area contributed by atoms with E-state index >= 15 is 0 Å². The number of anilines is 1. The monoisotopic (exact) mass is 470 g/mol. The maximum atomic E-state index is 12.8. The van der Waals surface area contributed by atoms with E-state index in [1.165, 1.54) is 12.8 Å². The number of esters is 1. The highest BCUT2D eigenvalue weighted by molar-refractivity contribution is 7.99. The van der Waals surface area contributed by atoms with Crippen molar-refractivity contribution in [3.63, 3.8) is 0 Å². The molecule has 0 aliphatic carbocycles. The van der Waals surface area contributed by atoms with Crippen LogP contribution in [-0.2, 0) is 16.0 Å². The van der Waals surface area contributed by atoms with E-state index in [1.807, 2.05) is 60.4 Å². The molecule has 2 aromatic carbocycles. The standard InChI is InChI=1S/C27H38N2O3S/c1-4-7-9-10-18-28-27(31)29(19-8-5-2)23-14-16-24(17-15-23)33-25-13-11-12-22(20-25)21-26(30)32-6-3/h11-17,20H,4-10,18-19,21H2,1-3H3,(H,28,31). The number of hydrogen-bond acceptors (Lipinski definition) is 4. The van der Waals surface area contributed by atoms with E-state index in [0.717, 1.165) is 53.3 Å². The van der Waals surface area contributed by atoms with Gasteiger partial charge >= 0.3 is 12.0 Å².